The molecule has 5 rings (SSSR count). The van der Waals surface area contributed by atoms with Crippen LogP contribution < -0.4 is 10.6 Å². The minimum atomic E-state index is -3.50. The molecular formula is C20H31N5O4S. The van der Waals surface area contributed by atoms with Gasteiger partial charge >= 0.3 is 0 Å². The van der Waals surface area contributed by atoms with Crippen LogP contribution in [-0.2, 0) is 10.2 Å². The van der Waals surface area contributed by atoms with Crippen molar-refractivity contribution in [2.24, 2.45) is 0 Å². The summed E-state index contributed by atoms with van der Waals surface area (Å²) in [5.41, 5.74) is 0.325. The molecule has 0 aromatic carbocycles. The van der Waals surface area contributed by atoms with Gasteiger partial charge in [0.05, 0.1) is 0 Å². The molecule has 9 nitrogen and oxygen atoms in total. The number of hydrogen-bond donors (Lipinski definition) is 2. The highest BCUT2D eigenvalue weighted by atomic mass is 32.2. The topological polar surface area (TPSA) is 108 Å². The van der Waals surface area contributed by atoms with Gasteiger partial charge in [-0.05, 0) is 44.9 Å². The van der Waals surface area contributed by atoms with Gasteiger partial charge in [0.2, 0.25) is 0 Å². The highest BCUT2D eigenvalue weighted by Gasteiger charge is 2.50. The van der Waals surface area contributed by atoms with Crippen molar-refractivity contribution in [3.63, 3.8) is 0 Å². The maximum absolute atomic E-state index is 13.5. The van der Waals surface area contributed by atoms with Crippen LogP contribution in [0.5, 0.6) is 0 Å². The molecule has 4 heterocycles. The van der Waals surface area contributed by atoms with Gasteiger partial charge in [-0.15, -0.1) is 0 Å². The van der Waals surface area contributed by atoms with E-state index < -0.39 is 10.2 Å². The van der Waals surface area contributed by atoms with E-state index in [2.05, 4.69) is 15.8 Å². The maximum atomic E-state index is 13.5. The molecule has 30 heavy (non-hydrogen) atoms. The van der Waals surface area contributed by atoms with Gasteiger partial charge in [-0.25, -0.2) is 0 Å². The number of piperazine rings is 1. The standard InChI is InChI=1S/C20H31N5O4S/c1-2-15-12-21-7-8-24(15)30(27,28)25-16-5-6-17(25)10-14(9-16)22-20(26)18-11-19(29-23-18)13-3-4-13/h11,13-17,21H,2-10,12H2,1H3,(H,22,26)/t14-,15?,16+,17-. The molecule has 1 amide bonds. The fourth-order valence-electron chi connectivity index (χ4n) is 5.36. The molecule has 1 aromatic rings. The van der Waals surface area contributed by atoms with E-state index in [1.165, 1.54) is 0 Å². The van der Waals surface area contributed by atoms with Crippen molar-refractivity contribution in [2.45, 2.75) is 82.0 Å². The fourth-order valence-corrected chi connectivity index (χ4v) is 7.66. The Morgan fingerprint density at radius 2 is 2.00 bits per heavy atom. The number of amides is 1. The summed E-state index contributed by atoms with van der Waals surface area (Å²) in [5, 5.41) is 10.3. The Hall–Kier alpha value is -1.49. The van der Waals surface area contributed by atoms with Crippen LogP contribution in [0.25, 0.3) is 0 Å². The highest BCUT2D eigenvalue weighted by molar-refractivity contribution is 7.86. The SMILES string of the molecule is CCC1CNCCN1S(=O)(=O)N1[C@@H]2CC[C@H]1C[C@@H](NC(=O)c1cc(C3CC3)on1)C2. The molecule has 10 heteroatoms. The number of nitrogens with zero attached hydrogens (tertiary/aromatic N) is 3. The Kier molecular flexibility index (Phi) is 5.37. The maximum Gasteiger partial charge on any atom is 0.282 e. The summed E-state index contributed by atoms with van der Waals surface area (Å²) < 4.78 is 35.8. The zero-order chi connectivity index (χ0) is 20.9. The van der Waals surface area contributed by atoms with Crippen LogP contribution in [0.2, 0.25) is 0 Å². The number of fused-ring (bicyclic) bond motifs is 2. The number of piperidine rings is 1. The van der Waals surface area contributed by atoms with E-state index >= 15 is 0 Å². The van der Waals surface area contributed by atoms with Crippen molar-refractivity contribution in [1.82, 2.24) is 24.4 Å². The summed E-state index contributed by atoms with van der Waals surface area (Å²) >= 11 is 0. The van der Waals surface area contributed by atoms with Crippen LogP contribution in [0.1, 0.15) is 74.0 Å². The summed E-state index contributed by atoms with van der Waals surface area (Å²) in [4.78, 5) is 12.6. The number of carbonyl (C=O) groups is 1. The number of carbonyl (C=O) groups excluding carboxylic acids is 1. The van der Waals surface area contributed by atoms with Crippen molar-refractivity contribution in [3.8, 4) is 0 Å². The van der Waals surface area contributed by atoms with Gasteiger partial charge in [0.25, 0.3) is 16.1 Å². The van der Waals surface area contributed by atoms with Crippen LogP contribution in [0.3, 0.4) is 0 Å². The summed E-state index contributed by atoms with van der Waals surface area (Å²) in [5.74, 6) is 0.988. The van der Waals surface area contributed by atoms with E-state index in [0.717, 1.165) is 37.9 Å². The van der Waals surface area contributed by atoms with E-state index in [-0.39, 0.29) is 30.1 Å². The lowest BCUT2D eigenvalue weighted by Crippen LogP contribution is -2.61. The van der Waals surface area contributed by atoms with Crippen molar-refractivity contribution >= 4 is 16.1 Å². The van der Waals surface area contributed by atoms with E-state index in [1.807, 2.05) is 6.92 Å². The van der Waals surface area contributed by atoms with Crippen LogP contribution in [0.4, 0.5) is 0 Å². The largest absolute Gasteiger partial charge is 0.360 e. The highest BCUT2D eigenvalue weighted by Crippen LogP contribution is 2.41. The van der Waals surface area contributed by atoms with Gasteiger partial charge in [-0.2, -0.15) is 17.0 Å². The van der Waals surface area contributed by atoms with Crippen LogP contribution in [-0.4, -0.2) is 71.9 Å². The lowest BCUT2D eigenvalue weighted by atomic mass is 9.99. The molecule has 2 N–H and O–H groups in total. The molecule has 1 aromatic heterocycles. The lowest BCUT2D eigenvalue weighted by Gasteiger charge is -2.43. The quantitative estimate of drug-likeness (QED) is 0.693. The Morgan fingerprint density at radius 1 is 1.27 bits per heavy atom. The average Bonchev–Trinajstić information content (AvgIpc) is 3.39. The summed E-state index contributed by atoms with van der Waals surface area (Å²) in [6.45, 7) is 3.96. The van der Waals surface area contributed by atoms with Crippen LogP contribution in [0, 0.1) is 0 Å². The first-order valence-electron chi connectivity index (χ1n) is 11.3. The molecule has 1 aliphatic carbocycles. The smallest absolute Gasteiger partial charge is 0.282 e. The molecule has 0 spiro atoms. The third-order valence-corrected chi connectivity index (χ3v) is 9.27. The zero-order valence-electron chi connectivity index (χ0n) is 17.4. The monoisotopic (exact) mass is 437 g/mol. The second-order valence-corrected chi connectivity index (χ2v) is 10.9. The van der Waals surface area contributed by atoms with E-state index in [4.69, 9.17) is 4.52 Å². The molecule has 4 fully saturated rings. The second-order valence-electron chi connectivity index (χ2n) is 9.13. The summed E-state index contributed by atoms with van der Waals surface area (Å²) in [6.07, 6.45) is 6.00. The predicted molar refractivity (Wildman–Crippen MR) is 110 cm³/mol. The number of aromatic nitrogens is 1. The Bertz CT molecular complexity index is 885. The molecule has 1 unspecified atom stereocenters. The molecule has 4 aliphatic rings. The number of hydrogen-bond acceptors (Lipinski definition) is 6. The predicted octanol–water partition coefficient (Wildman–Crippen LogP) is 1.21. The van der Waals surface area contributed by atoms with Gasteiger partial charge in [-0.1, -0.05) is 12.1 Å². The lowest BCUT2D eigenvalue weighted by molar-refractivity contribution is 0.0896. The number of rotatable bonds is 6. The second kappa shape index (κ2) is 7.89. The van der Waals surface area contributed by atoms with E-state index in [0.29, 0.717) is 44.1 Å². The van der Waals surface area contributed by atoms with Crippen LogP contribution in [0.15, 0.2) is 10.6 Å². The van der Waals surface area contributed by atoms with Gasteiger partial charge < -0.3 is 15.2 Å². The molecular weight excluding hydrogens is 406 g/mol. The molecule has 4 atom stereocenters. The molecule has 2 bridgehead atoms. The molecule has 166 valence electrons. The van der Waals surface area contributed by atoms with Crippen molar-refractivity contribution in [2.75, 3.05) is 19.6 Å². The third kappa shape index (κ3) is 3.68. The first kappa shape index (κ1) is 20.4. The third-order valence-electron chi connectivity index (χ3n) is 7.07. The molecule has 3 saturated heterocycles. The van der Waals surface area contributed by atoms with Crippen molar-refractivity contribution in [1.29, 1.82) is 0 Å². The minimum absolute atomic E-state index is 0.00778. The average molecular weight is 438 g/mol. The number of nitrogens with one attached hydrogen (secondary N) is 2. The minimum Gasteiger partial charge on any atom is -0.360 e. The van der Waals surface area contributed by atoms with E-state index in [9.17, 15) is 13.2 Å². The first-order valence-corrected chi connectivity index (χ1v) is 12.7. The first-order chi connectivity index (χ1) is 14.5. The Labute approximate surface area is 177 Å². The summed E-state index contributed by atoms with van der Waals surface area (Å²) in [6, 6.07) is 1.62. The van der Waals surface area contributed by atoms with E-state index in [1.54, 1.807) is 14.7 Å². The van der Waals surface area contributed by atoms with Crippen LogP contribution >= 0.6 is 0 Å². The van der Waals surface area contributed by atoms with Crippen molar-refractivity contribution < 1.29 is 17.7 Å². The van der Waals surface area contributed by atoms with Gasteiger partial charge in [-0.3, -0.25) is 4.79 Å². The normalized spacial score (nSPS) is 33.0. The molecule has 1 saturated carbocycles. The van der Waals surface area contributed by atoms with Gasteiger partial charge in [0, 0.05) is 55.8 Å². The Balaban J connectivity index is 1.25. The molecule has 3 aliphatic heterocycles. The zero-order valence-corrected chi connectivity index (χ0v) is 18.2. The van der Waals surface area contributed by atoms with Gasteiger partial charge in [0.15, 0.2) is 5.69 Å². The Morgan fingerprint density at radius 3 is 2.67 bits per heavy atom. The summed E-state index contributed by atoms with van der Waals surface area (Å²) in [7, 11) is -3.50. The van der Waals surface area contributed by atoms with Gasteiger partial charge in [0.1, 0.15) is 5.76 Å². The van der Waals surface area contributed by atoms with Crippen molar-refractivity contribution in [3.05, 3.63) is 17.5 Å². The fraction of sp³-hybridized carbons (Fsp3) is 0.800. The molecule has 0 radical (unpaired) electrons.